The smallest absolute Gasteiger partial charge is 0.320 e. The predicted octanol–water partition coefficient (Wildman–Crippen LogP) is 0.455. The van der Waals surface area contributed by atoms with Crippen molar-refractivity contribution in [1.82, 2.24) is 4.72 Å². The SMILES string of the molecule is COC(=O)CNS(=O)(=O)c1ccc(OC)c(C)c1. The summed E-state index contributed by atoms with van der Waals surface area (Å²) in [5, 5.41) is 0. The molecule has 0 aromatic heterocycles. The van der Waals surface area contributed by atoms with Crippen molar-refractivity contribution in [1.29, 1.82) is 0 Å². The lowest BCUT2D eigenvalue weighted by Gasteiger charge is -2.09. The molecular formula is C11H15NO5S. The Labute approximate surface area is 106 Å². The summed E-state index contributed by atoms with van der Waals surface area (Å²) < 4.78 is 35.2. The Bertz CT molecular complexity index is 538. The van der Waals surface area contributed by atoms with Gasteiger partial charge in [-0.2, -0.15) is 4.72 Å². The summed E-state index contributed by atoms with van der Waals surface area (Å²) in [6, 6.07) is 4.44. The fourth-order valence-electron chi connectivity index (χ4n) is 1.33. The minimum atomic E-state index is -3.72. The lowest BCUT2D eigenvalue weighted by Crippen LogP contribution is -2.30. The van der Waals surface area contributed by atoms with Crippen LogP contribution in [0.1, 0.15) is 5.56 Å². The second-order valence-electron chi connectivity index (χ2n) is 3.53. The Morgan fingerprint density at radius 2 is 2.00 bits per heavy atom. The zero-order chi connectivity index (χ0) is 13.8. The molecule has 0 fully saturated rings. The van der Waals surface area contributed by atoms with Crippen LogP contribution in [0.25, 0.3) is 0 Å². The van der Waals surface area contributed by atoms with Gasteiger partial charge in [0.1, 0.15) is 12.3 Å². The number of carbonyl (C=O) groups excluding carboxylic acids is 1. The van der Waals surface area contributed by atoms with Crippen LogP contribution in [0.15, 0.2) is 23.1 Å². The van der Waals surface area contributed by atoms with Gasteiger partial charge in [0.25, 0.3) is 0 Å². The second kappa shape index (κ2) is 5.83. The van der Waals surface area contributed by atoms with E-state index in [2.05, 4.69) is 9.46 Å². The van der Waals surface area contributed by atoms with Gasteiger partial charge in [0.05, 0.1) is 19.1 Å². The highest BCUT2D eigenvalue weighted by atomic mass is 32.2. The third-order valence-corrected chi connectivity index (χ3v) is 3.71. The van der Waals surface area contributed by atoms with E-state index in [1.807, 2.05) is 0 Å². The predicted molar refractivity (Wildman–Crippen MR) is 64.9 cm³/mol. The van der Waals surface area contributed by atoms with Gasteiger partial charge in [-0.3, -0.25) is 4.79 Å². The highest BCUT2D eigenvalue weighted by Gasteiger charge is 2.16. The second-order valence-corrected chi connectivity index (χ2v) is 5.30. The fourth-order valence-corrected chi connectivity index (χ4v) is 2.38. The molecule has 0 aliphatic heterocycles. The molecule has 0 unspecified atom stereocenters. The van der Waals surface area contributed by atoms with Crippen LogP contribution in [0.5, 0.6) is 5.75 Å². The van der Waals surface area contributed by atoms with Gasteiger partial charge >= 0.3 is 5.97 Å². The van der Waals surface area contributed by atoms with Crippen LogP contribution in [0, 0.1) is 6.92 Å². The Hall–Kier alpha value is -1.60. The van der Waals surface area contributed by atoms with Crippen molar-refractivity contribution in [3.05, 3.63) is 23.8 Å². The van der Waals surface area contributed by atoms with Gasteiger partial charge in [-0.15, -0.1) is 0 Å². The zero-order valence-electron chi connectivity index (χ0n) is 10.4. The summed E-state index contributed by atoms with van der Waals surface area (Å²) in [5.74, 6) is -0.0503. The number of hydrogen-bond donors (Lipinski definition) is 1. The van der Waals surface area contributed by atoms with Crippen molar-refractivity contribution >= 4 is 16.0 Å². The van der Waals surface area contributed by atoms with Crippen LogP contribution in [-0.2, 0) is 19.6 Å². The van der Waals surface area contributed by atoms with Crippen molar-refractivity contribution in [3.8, 4) is 5.75 Å². The lowest BCUT2D eigenvalue weighted by molar-refractivity contribution is -0.139. The summed E-state index contributed by atoms with van der Waals surface area (Å²) in [7, 11) is -1.02. The molecule has 100 valence electrons. The molecule has 0 aliphatic rings. The zero-order valence-corrected chi connectivity index (χ0v) is 11.2. The largest absolute Gasteiger partial charge is 0.496 e. The van der Waals surface area contributed by atoms with Crippen LogP contribution in [0.3, 0.4) is 0 Å². The quantitative estimate of drug-likeness (QED) is 0.788. The minimum absolute atomic E-state index is 0.0738. The molecule has 18 heavy (non-hydrogen) atoms. The van der Waals surface area contributed by atoms with E-state index in [0.717, 1.165) is 0 Å². The van der Waals surface area contributed by atoms with Gasteiger partial charge in [-0.1, -0.05) is 0 Å². The molecule has 0 heterocycles. The molecule has 0 saturated carbocycles. The first-order valence-electron chi connectivity index (χ1n) is 5.12. The van der Waals surface area contributed by atoms with Crippen molar-refractivity contribution < 1.29 is 22.7 Å². The number of nitrogens with one attached hydrogen (secondary N) is 1. The van der Waals surface area contributed by atoms with E-state index in [1.165, 1.54) is 26.4 Å². The average Bonchev–Trinajstić information content (AvgIpc) is 2.35. The third-order valence-electron chi connectivity index (χ3n) is 2.31. The Morgan fingerprint density at radius 3 is 2.50 bits per heavy atom. The number of rotatable bonds is 5. The van der Waals surface area contributed by atoms with E-state index in [-0.39, 0.29) is 4.90 Å². The molecular weight excluding hydrogens is 258 g/mol. The molecule has 1 aromatic carbocycles. The van der Waals surface area contributed by atoms with E-state index in [9.17, 15) is 13.2 Å². The molecule has 0 spiro atoms. The van der Waals surface area contributed by atoms with E-state index in [4.69, 9.17) is 4.74 Å². The molecule has 0 aliphatic carbocycles. The number of sulfonamides is 1. The van der Waals surface area contributed by atoms with Crippen LogP contribution in [-0.4, -0.2) is 35.2 Å². The number of benzene rings is 1. The first-order valence-corrected chi connectivity index (χ1v) is 6.60. The molecule has 1 N–H and O–H groups in total. The molecule has 1 aromatic rings. The van der Waals surface area contributed by atoms with Crippen LogP contribution in [0.4, 0.5) is 0 Å². The van der Waals surface area contributed by atoms with E-state index in [0.29, 0.717) is 11.3 Å². The summed E-state index contributed by atoms with van der Waals surface area (Å²) in [4.78, 5) is 11.0. The maximum Gasteiger partial charge on any atom is 0.320 e. The van der Waals surface area contributed by atoms with Gasteiger partial charge in [-0.05, 0) is 30.7 Å². The number of methoxy groups -OCH3 is 2. The number of aryl methyl sites for hydroxylation is 1. The summed E-state index contributed by atoms with van der Waals surface area (Å²) in [6.45, 7) is 1.34. The van der Waals surface area contributed by atoms with Gasteiger partial charge in [-0.25, -0.2) is 8.42 Å². The molecule has 1 rings (SSSR count). The molecule has 0 amide bonds. The van der Waals surface area contributed by atoms with Gasteiger partial charge in [0.15, 0.2) is 0 Å². The van der Waals surface area contributed by atoms with Crippen molar-refractivity contribution in [2.45, 2.75) is 11.8 Å². The summed E-state index contributed by atoms with van der Waals surface area (Å²) in [6.07, 6.45) is 0. The van der Waals surface area contributed by atoms with Gasteiger partial charge in [0.2, 0.25) is 10.0 Å². The van der Waals surface area contributed by atoms with Gasteiger partial charge in [0, 0.05) is 0 Å². The summed E-state index contributed by atoms with van der Waals surface area (Å²) in [5.41, 5.74) is 0.693. The Balaban J connectivity index is 2.92. The van der Waals surface area contributed by atoms with Crippen LogP contribution >= 0.6 is 0 Å². The van der Waals surface area contributed by atoms with Gasteiger partial charge < -0.3 is 9.47 Å². The van der Waals surface area contributed by atoms with Crippen LogP contribution in [0.2, 0.25) is 0 Å². The number of esters is 1. The maximum atomic E-state index is 11.8. The fraction of sp³-hybridized carbons (Fsp3) is 0.364. The van der Waals surface area contributed by atoms with Crippen LogP contribution < -0.4 is 9.46 Å². The van der Waals surface area contributed by atoms with E-state index >= 15 is 0 Å². The monoisotopic (exact) mass is 273 g/mol. The number of carbonyl (C=O) groups is 1. The minimum Gasteiger partial charge on any atom is -0.496 e. The molecule has 7 heteroatoms. The molecule has 6 nitrogen and oxygen atoms in total. The molecule has 0 radical (unpaired) electrons. The third kappa shape index (κ3) is 3.44. The highest BCUT2D eigenvalue weighted by Crippen LogP contribution is 2.20. The number of hydrogen-bond acceptors (Lipinski definition) is 5. The van der Waals surface area contributed by atoms with E-state index in [1.54, 1.807) is 13.0 Å². The summed E-state index contributed by atoms with van der Waals surface area (Å²) >= 11 is 0. The number of ether oxygens (including phenoxy) is 2. The Morgan fingerprint density at radius 1 is 1.33 bits per heavy atom. The Kier molecular flexibility index (Phi) is 4.69. The lowest BCUT2D eigenvalue weighted by atomic mass is 10.2. The molecule has 0 bridgehead atoms. The van der Waals surface area contributed by atoms with Crippen molar-refractivity contribution in [2.24, 2.45) is 0 Å². The standard InChI is InChI=1S/C11H15NO5S/c1-8-6-9(4-5-10(8)16-2)18(14,15)12-7-11(13)17-3/h4-6,12H,7H2,1-3H3. The topological polar surface area (TPSA) is 81.7 Å². The average molecular weight is 273 g/mol. The van der Waals surface area contributed by atoms with E-state index < -0.39 is 22.5 Å². The molecule has 0 atom stereocenters. The first kappa shape index (κ1) is 14.5. The highest BCUT2D eigenvalue weighted by molar-refractivity contribution is 7.89. The maximum absolute atomic E-state index is 11.8. The first-order chi connectivity index (χ1) is 8.40. The van der Waals surface area contributed by atoms with Crippen molar-refractivity contribution in [2.75, 3.05) is 20.8 Å². The normalized spacial score (nSPS) is 11.1. The van der Waals surface area contributed by atoms with Crippen molar-refractivity contribution in [3.63, 3.8) is 0 Å². The molecule has 0 saturated heterocycles.